The van der Waals surface area contributed by atoms with Crippen LogP contribution in [-0.2, 0) is 11.2 Å². The van der Waals surface area contributed by atoms with Crippen LogP contribution >= 0.6 is 0 Å². The van der Waals surface area contributed by atoms with Gasteiger partial charge in [-0.05, 0) is 61.2 Å². The Bertz CT molecular complexity index is 723. The first-order valence-corrected chi connectivity index (χ1v) is 9.57. The lowest BCUT2D eigenvalue weighted by Gasteiger charge is -2.36. The maximum absolute atomic E-state index is 13.0. The quantitative estimate of drug-likeness (QED) is 0.693. The van der Waals surface area contributed by atoms with Gasteiger partial charge in [-0.2, -0.15) is 0 Å². The van der Waals surface area contributed by atoms with E-state index in [1.807, 2.05) is 17.0 Å². The molecule has 3 rings (SSSR count). The highest BCUT2D eigenvalue weighted by molar-refractivity contribution is 5.76. The predicted molar refractivity (Wildman–Crippen MR) is 106 cm³/mol. The molecule has 5 heteroatoms. The number of halogens is 1. The number of methoxy groups -OCH3 is 1. The van der Waals surface area contributed by atoms with Gasteiger partial charge in [-0.15, -0.1) is 0 Å². The zero-order chi connectivity index (χ0) is 19.1. The van der Waals surface area contributed by atoms with Gasteiger partial charge in [-0.1, -0.05) is 12.1 Å². The summed E-state index contributed by atoms with van der Waals surface area (Å²) in [5.74, 6) is 0.888. The molecular weight excluding hydrogens is 343 g/mol. The molecule has 27 heavy (non-hydrogen) atoms. The zero-order valence-corrected chi connectivity index (χ0v) is 15.9. The molecule has 0 bridgehead atoms. The molecule has 0 aromatic heterocycles. The fraction of sp³-hybridized carbons (Fsp3) is 0.409. The summed E-state index contributed by atoms with van der Waals surface area (Å²) in [6.45, 7) is 3.05. The van der Waals surface area contributed by atoms with Gasteiger partial charge < -0.3 is 14.5 Å². The Morgan fingerprint density at radius 1 is 0.963 bits per heavy atom. The first kappa shape index (κ1) is 19.2. The summed E-state index contributed by atoms with van der Waals surface area (Å²) in [6, 6.07) is 14.7. The highest BCUT2D eigenvalue weighted by Gasteiger charge is 2.20. The van der Waals surface area contributed by atoms with Crippen LogP contribution in [0.5, 0.6) is 5.75 Å². The van der Waals surface area contributed by atoms with Gasteiger partial charge in [-0.25, -0.2) is 4.39 Å². The lowest BCUT2D eigenvalue weighted by Crippen LogP contribution is -2.48. The van der Waals surface area contributed by atoms with Crippen LogP contribution in [-0.4, -0.2) is 44.1 Å². The number of nitrogens with zero attached hydrogens (tertiary/aromatic N) is 2. The molecule has 1 aliphatic rings. The molecule has 2 aromatic rings. The third-order valence-electron chi connectivity index (χ3n) is 5.09. The predicted octanol–water partition coefficient (Wildman–Crippen LogP) is 3.90. The van der Waals surface area contributed by atoms with Crippen molar-refractivity contribution in [3.63, 3.8) is 0 Å². The van der Waals surface area contributed by atoms with Gasteiger partial charge in [0.25, 0.3) is 0 Å². The van der Waals surface area contributed by atoms with Crippen molar-refractivity contribution in [1.82, 2.24) is 4.90 Å². The number of benzene rings is 2. The number of hydrogen-bond acceptors (Lipinski definition) is 3. The Hall–Kier alpha value is -2.56. The van der Waals surface area contributed by atoms with Crippen LogP contribution in [0.15, 0.2) is 48.5 Å². The van der Waals surface area contributed by atoms with E-state index < -0.39 is 0 Å². The Morgan fingerprint density at radius 2 is 1.63 bits per heavy atom. The number of carbonyl (C=O) groups is 1. The van der Waals surface area contributed by atoms with Gasteiger partial charge in [-0.3, -0.25) is 4.79 Å². The molecule has 1 aliphatic heterocycles. The number of amides is 1. The van der Waals surface area contributed by atoms with Crippen molar-refractivity contribution < 1.29 is 13.9 Å². The number of aryl methyl sites for hydroxylation is 1. The summed E-state index contributed by atoms with van der Waals surface area (Å²) in [4.78, 5) is 16.6. The summed E-state index contributed by atoms with van der Waals surface area (Å²) >= 11 is 0. The number of hydrogen-bond donors (Lipinski definition) is 0. The molecule has 1 saturated heterocycles. The van der Waals surface area contributed by atoms with E-state index in [2.05, 4.69) is 17.0 Å². The molecular formula is C22H27FN2O2. The van der Waals surface area contributed by atoms with Gasteiger partial charge in [0.2, 0.25) is 5.91 Å². The van der Waals surface area contributed by atoms with Crippen LogP contribution in [0.2, 0.25) is 0 Å². The number of ether oxygens (including phenoxy) is 1. The molecule has 4 nitrogen and oxygen atoms in total. The summed E-state index contributed by atoms with van der Waals surface area (Å²) in [6.07, 6.45) is 3.50. The van der Waals surface area contributed by atoms with Crippen LogP contribution in [0.3, 0.4) is 0 Å². The number of rotatable bonds is 7. The average Bonchev–Trinajstić information content (AvgIpc) is 2.72. The molecule has 0 aliphatic carbocycles. The molecule has 0 saturated carbocycles. The minimum absolute atomic E-state index is 0.220. The van der Waals surface area contributed by atoms with Crippen molar-refractivity contribution in [1.29, 1.82) is 0 Å². The Morgan fingerprint density at radius 3 is 2.26 bits per heavy atom. The van der Waals surface area contributed by atoms with E-state index in [4.69, 9.17) is 4.74 Å². The lowest BCUT2D eigenvalue weighted by molar-refractivity contribution is -0.131. The van der Waals surface area contributed by atoms with Crippen molar-refractivity contribution >= 4 is 11.6 Å². The molecule has 0 radical (unpaired) electrons. The topological polar surface area (TPSA) is 32.8 Å². The summed E-state index contributed by atoms with van der Waals surface area (Å²) in [5, 5.41) is 0. The average molecular weight is 370 g/mol. The Balaban J connectivity index is 1.36. The van der Waals surface area contributed by atoms with E-state index >= 15 is 0 Å². The number of unbranched alkanes of at least 4 members (excludes halogenated alkanes) is 1. The third kappa shape index (κ3) is 5.46. The maximum atomic E-state index is 13.0. The third-order valence-corrected chi connectivity index (χ3v) is 5.09. The minimum Gasteiger partial charge on any atom is -0.497 e. The van der Waals surface area contributed by atoms with Gasteiger partial charge in [0, 0.05) is 38.3 Å². The Kier molecular flexibility index (Phi) is 6.69. The normalized spacial score (nSPS) is 14.3. The number of carbonyl (C=O) groups excluding carboxylic acids is 1. The number of anilines is 1. The van der Waals surface area contributed by atoms with Crippen LogP contribution in [0.1, 0.15) is 24.8 Å². The lowest BCUT2D eigenvalue weighted by atomic mass is 10.1. The molecule has 1 fully saturated rings. The monoisotopic (exact) mass is 370 g/mol. The molecule has 0 N–H and O–H groups in total. The first-order chi connectivity index (χ1) is 13.2. The minimum atomic E-state index is -0.220. The van der Waals surface area contributed by atoms with Crippen molar-refractivity contribution in [3.8, 4) is 5.75 Å². The summed E-state index contributed by atoms with van der Waals surface area (Å²) in [7, 11) is 1.67. The SMILES string of the molecule is COc1ccc(CCCCC(=O)N2CCN(c3ccc(F)cc3)CC2)cc1. The van der Waals surface area contributed by atoms with E-state index in [0.29, 0.717) is 6.42 Å². The van der Waals surface area contributed by atoms with Crippen molar-refractivity contribution in [2.24, 2.45) is 0 Å². The second kappa shape index (κ2) is 9.40. The molecule has 0 atom stereocenters. The second-order valence-corrected chi connectivity index (χ2v) is 6.90. The van der Waals surface area contributed by atoms with Gasteiger partial charge in [0.1, 0.15) is 11.6 Å². The zero-order valence-electron chi connectivity index (χ0n) is 15.9. The van der Waals surface area contributed by atoms with Gasteiger partial charge in [0.15, 0.2) is 0 Å². The van der Waals surface area contributed by atoms with E-state index in [1.165, 1.54) is 17.7 Å². The molecule has 0 spiro atoms. The maximum Gasteiger partial charge on any atom is 0.222 e. The van der Waals surface area contributed by atoms with E-state index in [1.54, 1.807) is 19.2 Å². The van der Waals surface area contributed by atoms with E-state index in [-0.39, 0.29) is 11.7 Å². The fourth-order valence-corrected chi connectivity index (χ4v) is 3.42. The number of piperazine rings is 1. The largest absolute Gasteiger partial charge is 0.497 e. The molecule has 1 heterocycles. The Labute approximate surface area is 160 Å². The highest BCUT2D eigenvalue weighted by atomic mass is 19.1. The van der Waals surface area contributed by atoms with E-state index in [0.717, 1.165) is 56.9 Å². The first-order valence-electron chi connectivity index (χ1n) is 9.57. The van der Waals surface area contributed by atoms with Crippen LogP contribution < -0.4 is 9.64 Å². The fourth-order valence-electron chi connectivity index (χ4n) is 3.42. The second-order valence-electron chi connectivity index (χ2n) is 6.90. The van der Waals surface area contributed by atoms with Crippen molar-refractivity contribution in [2.75, 3.05) is 38.2 Å². The summed E-state index contributed by atoms with van der Waals surface area (Å²) < 4.78 is 18.2. The highest BCUT2D eigenvalue weighted by Crippen LogP contribution is 2.18. The van der Waals surface area contributed by atoms with Crippen LogP contribution in [0.4, 0.5) is 10.1 Å². The van der Waals surface area contributed by atoms with Crippen molar-refractivity contribution in [2.45, 2.75) is 25.7 Å². The molecule has 1 amide bonds. The molecule has 144 valence electrons. The van der Waals surface area contributed by atoms with Gasteiger partial charge in [0.05, 0.1) is 7.11 Å². The molecule has 2 aromatic carbocycles. The van der Waals surface area contributed by atoms with Crippen molar-refractivity contribution in [3.05, 3.63) is 59.9 Å². The smallest absolute Gasteiger partial charge is 0.222 e. The van der Waals surface area contributed by atoms with Gasteiger partial charge >= 0.3 is 0 Å². The standard InChI is InChI=1S/C22H27FN2O2/c1-27-21-12-6-18(7-13-21)4-2-3-5-22(26)25-16-14-24(15-17-25)20-10-8-19(23)9-11-20/h6-13H,2-5,14-17H2,1H3. The van der Waals surface area contributed by atoms with Crippen LogP contribution in [0, 0.1) is 5.82 Å². The van der Waals surface area contributed by atoms with E-state index in [9.17, 15) is 9.18 Å². The molecule has 0 unspecified atom stereocenters. The summed E-state index contributed by atoms with van der Waals surface area (Å²) in [5.41, 5.74) is 2.29. The van der Waals surface area contributed by atoms with Crippen LogP contribution in [0.25, 0.3) is 0 Å².